The topological polar surface area (TPSA) is 57.1 Å². The van der Waals surface area contributed by atoms with Gasteiger partial charge in [0, 0.05) is 27.5 Å². The Morgan fingerprint density at radius 3 is 3.04 bits per heavy atom. The van der Waals surface area contributed by atoms with E-state index in [2.05, 4.69) is 39.1 Å². The van der Waals surface area contributed by atoms with Crippen LogP contribution in [-0.2, 0) is 4.79 Å². The van der Waals surface area contributed by atoms with Crippen molar-refractivity contribution in [2.45, 2.75) is 12.5 Å². The Balaban J connectivity index is 1.46. The normalized spacial score (nSPS) is 17.7. The number of fused-ring (bicyclic) bond motifs is 3. The van der Waals surface area contributed by atoms with Gasteiger partial charge in [-0.1, -0.05) is 36.0 Å². The Kier molecular flexibility index (Phi) is 4.76. The van der Waals surface area contributed by atoms with Crippen LogP contribution in [0.2, 0.25) is 0 Å². The molecule has 25 heavy (non-hydrogen) atoms. The van der Waals surface area contributed by atoms with E-state index in [4.69, 9.17) is 4.99 Å². The number of hydrogen-bond donors (Lipinski definition) is 1. The molecular formula is C18H15IN4OS. The van der Waals surface area contributed by atoms with Crippen LogP contribution in [0.1, 0.15) is 18.0 Å². The summed E-state index contributed by atoms with van der Waals surface area (Å²) < 4.78 is 1.09. The molecule has 5 nitrogen and oxygen atoms in total. The van der Waals surface area contributed by atoms with E-state index >= 15 is 0 Å². The Morgan fingerprint density at radius 2 is 2.16 bits per heavy atom. The van der Waals surface area contributed by atoms with E-state index in [1.165, 1.54) is 17.3 Å². The number of para-hydroxylation sites is 1. The molecule has 0 saturated carbocycles. The summed E-state index contributed by atoms with van der Waals surface area (Å²) in [6.07, 6.45) is 2.78. The summed E-state index contributed by atoms with van der Waals surface area (Å²) in [6, 6.07) is 16.1. The van der Waals surface area contributed by atoms with Gasteiger partial charge in [-0.2, -0.15) is 5.10 Å². The minimum Gasteiger partial charge on any atom is -0.325 e. The van der Waals surface area contributed by atoms with Crippen LogP contribution < -0.4 is 5.32 Å². The smallest absolute Gasteiger partial charge is 0.234 e. The number of amidine groups is 1. The first-order chi connectivity index (χ1) is 12.2. The van der Waals surface area contributed by atoms with E-state index < -0.39 is 0 Å². The first-order valence-electron chi connectivity index (χ1n) is 7.88. The highest BCUT2D eigenvalue weighted by molar-refractivity contribution is 14.1. The van der Waals surface area contributed by atoms with Crippen molar-refractivity contribution >= 4 is 63.0 Å². The fraction of sp³-hybridized carbons (Fsp3) is 0.167. The molecule has 1 amide bonds. The summed E-state index contributed by atoms with van der Waals surface area (Å²) in [5.74, 6) is 0.249. The number of nitrogens with zero attached hydrogens (tertiary/aromatic N) is 3. The minimum atomic E-state index is -0.0479. The summed E-state index contributed by atoms with van der Waals surface area (Å²) in [5.41, 5.74) is 2.97. The van der Waals surface area contributed by atoms with Crippen LogP contribution in [0, 0.1) is 3.57 Å². The highest BCUT2D eigenvalue weighted by Gasteiger charge is 2.32. The number of thioether (sulfide) groups is 1. The SMILES string of the molecule is O=C(CSC1=Nc2ccccc2C2CC=NN12)Nc1cccc(I)c1. The van der Waals surface area contributed by atoms with E-state index in [0.29, 0.717) is 5.75 Å². The predicted octanol–water partition coefficient (Wildman–Crippen LogP) is 4.40. The van der Waals surface area contributed by atoms with Crippen LogP contribution in [0.3, 0.4) is 0 Å². The van der Waals surface area contributed by atoms with Crippen LogP contribution >= 0.6 is 34.4 Å². The number of nitrogens with one attached hydrogen (secondary N) is 1. The van der Waals surface area contributed by atoms with Gasteiger partial charge < -0.3 is 5.32 Å². The molecule has 0 saturated heterocycles. The highest BCUT2D eigenvalue weighted by Crippen LogP contribution is 2.40. The number of benzene rings is 2. The van der Waals surface area contributed by atoms with Crippen molar-refractivity contribution in [3.8, 4) is 0 Å². The van der Waals surface area contributed by atoms with Gasteiger partial charge in [0.25, 0.3) is 0 Å². The molecule has 1 unspecified atom stereocenters. The summed E-state index contributed by atoms with van der Waals surface area (Å²) in [5, 5.41) is 10.1. The molecule has 0 aliphatic carbocycles. The fourth-order valence-electron chi connectivity index (χ4n) is 2.87. The summed E-state index contributed by atoms with van der Waals surface area (Å²) in [4.78, 5) is 16.9. The molecule has 7 heteroatoms. The van der Waals surface area contributed by atoms with Gasteiger partial charge in [-0.15, -0.1) is 0 Å². The Labute approximate surface area is 163 Å². The van der Waals surface area contributed by atoms with Crippen molar-refractivity contribution in [1.82, 2.24) is 5.01 Å². The van der Waals surface area contributed by atoms with Gasteiger partial charge in [0.1, 0.15) is 0 Å². The number of carbonyl (C=O) groups is 1. The Hall–Kier alpha value is -1.87. The lowest BCUT2D eigenvalue weighted by molar-refractivity contribution is -0.113. The zero-order valence-corrected chi connectivity index (χ0v) is 16.2. The second-order valence-electron chi connectivity index (χ2n) is 5.69. The van der Waals surface area contributed by atoms with Gasteiger partial charge in [0.15, 0.2) is 5.17 Å². The van der Waals surface area contributed by atoms with Crippen molar-refractivity contribution < 1.29 is 4.79 Å². The number of rotatable bonds is 3. The lowest BCUT2D eigenvalue weighted by Gasteiger charge is -2.29. The lowest BCUT2D eigenvalue weighted by Crippen LogP contribution is -2.29. The third-order valence-electron chi connectivity index (χ3n) is 3.98. The maximum atomic E-state index is 12.3. The molecule has 2 aromatic carbocycles. The molecule has 2 aliphatic heterocycles. The van der Waals surface area contributed by atoms with Crippen LogP contribution in [0.25, 0.3) is 0 Å². The average Bonchev–Trinajstić information content (AvgIpc) is 3.10. The van der Waals surface area contributed by atoms with Gasteiger partial charge in [0.2, 0.25) is 5.91 Å². The van der Waals surface area contributed by atoms with E-state index in [1.54, 1.807) is 0 Å². The van der Waals surface area contributed by atoms with Crippen molar-refractivity contribution in [3.05, 3.63) is 57.7 Å². The van der Waals surface area contributed by atoms with Gasteiger partial charge in [-0.05, 0) is 46.9 Å². The maximum absolute atomic E-state index is 12.3. The molecule has 0 spiro atoms. The number of carbonyl (C=O) groups excluding carboxylic acids is 1. The number of hydrogen-bond acceptors (Lipinski definition) is 5. The van der Waals surface area contributed by atoms with Crippen LogP contribution in [0.15, 0.2) is 58.6 Å². The first-order valence-corrected chi connectivity index (χ1v) is 9.94. The first kappa shape index (κ1) is 16.6. The van der Waals surface area contributed by atoms with Crippen LogP contribution in [0.4, 0.5) is 11.4 Å². The van der Waals surface area contributed by atoms with E-state index in [0.717, 1.165) is 26.5 Å². The summed E-state index contributed by atoms with van der Waals surface area (Å²) >= 11 is 3.64. The zero-order chi connectivity index (χ0) is 17.2. The predicted molar refractivity (Wildman–Crippen MR) is 111 cm³/mol. The molecule has 2 heterocycles. The van der Waals surface area contributed by atoms with Crippen molar-refractivity contribution in [3.63, 3.8) is 0 Å². The maximum Gasteiger partial charge on any atom is 0.234 e. The van der Waals surface area contributed by atoms with Gasteiger partial charge >= 0.3 is 0 Å². The van der Waals surface area contributed by atoms with Gasteiger partial charge in [-0.25, -0.2) is 10.0 Å². The van der Waals surface area contributed by atoms with Crippen molar-refractivity contribution in [2.75, 3.05) is 11.1 Å². The Morgan fingerprint density at radius 1 is 1.28 bits per heavy atom. The zero-order valence-electron chi connectivity index (χ0n) is 13.2. The lowest BCUT2D eigenvalue weighted by atomic mass is 10.0. The van der Waals surface area contributed by atoms with Gasteiger partial charge in [0.05, 0.1) is 17.5 Å². The molecule has 4 rings (SSSR count). The highest BCUT2D eigenvalue weighted by atomic mass is 127. The molecule has 0 fully saturated rings. The Bertz CT molecular complexity index is 883. The van der Waals surface area contributed by atoms with Crippen LogP contribution in [0.5, 0.6) is 0 Å². The molecule has 0 radical (unpaired) electrons. The number of anilines is 1. The minimum absolute atomic E-state index is 0.0479. The van der Waals surface area contributed by atoms with Crippen molar-refractivity contribution in [2.24, 2.45) is 10.1 Å². The van der Waals surface area contributed by atoms with E-state index in [-0.39, 0.29) is 11.9 Å². The second kappa shape index (κ2) is 7.17. The van der Waals surface area contributed by atoms with Gasteiger partial charge in [-0.3, -0.25) is 4.79 Å². The van der Waals surface area contributed by atoms with Crippen LogP contribution in [-0.4, -0.2) is 28.1 Å². The largest absolute Gasteiger partial charge is 0.325 e. The summed E-state index contributed by atoms with van der Waals surface area (Å²) in [6.45, 7) is 0. The molecule has 0 aromatic heterocycles. The standard InChI is InChI=1S/C18H15IN4OS/c19-12-4-3-5-13(10-12)21-17(24)11-25-18-22-15-7-2-1-6-14(15)16-8-9-20-23(16)18/h1-7,9-10,16H,8,11H2,(H,21,24). The van der Waals surface area contributed by atoms with E-state index in [9.17, 15) is 4.79 Å². The number of hydrazone groups is 1. The third kappa shape index (κ3) is 3.57. The number of amides is 1. The number of halogens is 1. The monoisotopic (exact) mass is 462 g/mol. The number of aliphatic imine (C=N–C) groups is 1. The third-order valence-corrected chi connectivity index (χ3v) is 5.59. The van der Waals surface area contributed by atoms with Crippen molar-refractivity contribution in [1.29, 1.82) is 0 Å². The molecule has 1 N–H and O–H groups in total. The second-order valence-corrected chi connectivity index (χ2v) is 7.88. The molecule has 2 aromatic rings. The molecule has 126 valence electrons. The molecule has 1 atom stereocenters. The van der Waals surface area contributed by atoms with E-state index in [1.807, 2.05) is 53.7 Å². The quantitative estimate of drug-likeness (QED) is 0.689. The molecule has 0 bridgehead atoms. The summed E-state index contributed by atoms with van der Waals surface area (Å²) in [7, 11) is 0. The molecular weight excluding hydrogens is 447 g/mol. The fourth-order valence-corrected chi connectivity index (χ4v) is 4.22. The average molecular weight is 462 g/mol. The molecule has 2 aliphatic rings.